The second-order valence-electron chi connectivity index (χ2n) is 3.04. The van der Waals surface area contributed by atoms with Crippen molar-refractivity contribution in [3.63, 3.8) is 0 Å². The summed E-state index contributed by atoms with van der Waals surface area (Å²) in [6.07, 6.45) is -6.41. The van der Waals surface area contributed by atoms with E-state index in [1.165, 1.54) is 0 Å². The normalized spacial score (nSPS) is 21.8. The maximum atomic E-state index is 10.3. The zero-order chi connectivity index (χ0) is 11.5. The Morgan fingerprint density at radius 2 is 1.79 bits per heavy atom. The third kappa shape index (κ3) is 2.48. The lowest BCUT2D eigenvalue weighted by atomic mass is 9.89. The fraction of sp³-hybridized carbons (Fsp3) is 0.714. The van der Waals surface area contributed by atoms with Crippen LogP contribution in [0, 0.1) is 0 Å². The van der Waals surface area contributed by atoms with E-state index in [9.17, 15) is 14.7 Å². The van der Waals surface area contributed by atoms with Crippen LogP contribution >= 0.6 is 0 Å². The number of hydrogen-bond acceptors (Lipinski definition) is 6. The first-order valence-corrected chi connectivity index (χ1v) is 3.69. The number of aliphatic hydroxyl groups is 4. The van der Waals surface area contributed by atoms with Gasteiger partial charge in [0.05, 0.1) is 0 Å². The second-order valence-corrected chi connectivity index (χ2v) is 3.04. The molecule has 0 radical (unpaired) electrons. The highest BCUT2D eigenvalue weighted by atomic mass is 16.4. The van der Waals surface area contributed by atoms with Crippen molar-refractivity contribution in [3.05, 3.63) is 0 Å². The predicted molar refractivity (Wildman–Crippen MR) is 42.3 cm³/mol. The molecule has 4 atom stereocenters. The summed E-state index contributed by atoms with van der Waals surface area (Å²) in [7, 11) is 0. The van der Waals surface area contributed by atoms with Gasteiger partial charge in [-0.25, -0.2) is 4.79 Å². The average Bonchev–Trinajstić information content (AvgIpc) is 2.13. The lowest BCUT2D eigenvalue weighted by molar-refractivity contribution is -0.187. The van der Waals surface area contributed by atoms with Gasteiger partial charge < -0.3 is 30.3 Å². The number of aliphatic carboxylic acids is 1. The van der Waals surface area contributed by atoms with E-state index in [0.717, 1.165) is 6.92 Å². The molecule has 0 aromatic carbocycles. The maximum Gasteiger partial charge on any atom is 0.335 e. The van der Waals surface area contributed by atoms with Crippen LogP contribution in [-0.2, 0) is 9.59 Å². The topological polar surface area (TPSA) is 135 Å². The van der Waals surface area contributed by atoms with Crippen molar-refractivity contribution in [1.29, 1.82) is 0 Å². The molecule has 7 heteroatoms. The first-order chi connectivity index (χ1) is 6.25. The summed E-state index contributed by atoms with van der Waals surface area (Å²) < 4.78 is 0. The third-order valence-corrected chi connectivity index (χ3v) is 1.85. The fourth-order valence-corrected chi connectivity index (χ4v) is 0.832. The number of hydrogen-bond donors (Lipinski definition) is 5. The van der Waals surface area contributed by atoms with Crippen LogP contribution < -0.4 is 0 Å². The molecule has 0 bridgehead atoms. The molecule has 0 aliphatic heterocycles. The summed E-state index contributed by atoms with van der Waals surface area (Å²) in [5.74, 6) is -1.77. The molecular formula is C7H12O7. The molecule has 14 heavy (non-hydrogen) atoms. The van der Waals surface area contributed by atoms with E-state index >= 15 is 0 Å². The van der Waals surface area contributed by atoms with Gasteiger partial charge in [-0.2, -0.15) is 0 Å². The second kappa shape index (κ2) is 4.47. The Morgan fingerprint density at radius 1 is 1.36 bits per heavy atom. The van der Waals surface area contributed by atoms with Gasteiger partial charge in [-0.15, -0.1) is 0 Å². The summed E-state index contributed by atoms with van der Waals surface area (Å²) in [5.41, 5.74) is -2.51. The Balaban J connectivity index is 4.75. The zero-order valence-corrected chi connectivity index (χ0v) is 7.36. The van der Waals surface area contributed by atoms with Crippen LogP contribution in [0.25, 0.3) is 0 Å². The van der Waals surface area contributed by atoms with E-state index in [-0.39, 0.29) is 6.29 Å². The summed E-state index contributed by atoms with van der Waals surface area (Å²) in [5, 5.41) is 44.5. The number of aliphatic hydroxyl groups excluding tert-OH is 3. The molecule has 0 amide bonds. The van der Waals surface area contributed by atoms with Crippen molar-refractivity contribution in [2.45, 2.75) is 30.8 Å². The smallest absolute Gasteiger partial charge is 0.335 e. The average molecular weight is 208 g/mol. The molecule has 82 valence electrons. The number of carbonyl (C=O) groups is 2. The van der Waals surface area contributed by atoms with Gasteiger partial charge in [-0.3, -0.25) is 0 Å². The molecule has 0 saturated carbocycles. The largest absolute Gasteiger partial charge is 0.479 e. The minimum Gasteiger partial charge on any atom is -0.479 e. The molecule has 0 heterocycles. The summed E-state index contributed by atoms with van der Waals surface area (Å²) in [6, 6.07) is 0. The van der Waals surface area contributed by atoms with Gasteiger partial charge in [0, 0.05) is 0 Å². The Kier molecular flexibility index (Phi) is 4.14. The molecule has 0 aromatic rings. The SMILES string of the molecule is C[C@](O)([C@H](O)C(=O)O)[C@H](O)[C@@H](O)C=O. The van der Waals surface area contributed by atoms with Crippen LogP contribution in [0.3, 0.4) is 0 Å². The number of rotatable bonds is 5. The molecule has 5 N–H and O–H groups in total. The van der Waals surface area contributed by atoms with Crippen molar-refractivity contribution in [2.24, 2.45) is 0 Å². The highest BCUT2D eigenvalue weighted by Gasteiger charge is 2.45. The fourth-order valence-electron chi connectivity index (χ4n) is 0.832. The summed E-state index contributed by atoms with van der Waals surface area (Å²) in [6.45, 7) is 0.795. The Labute approximate surface area is 79.2 Å². The quantitative estimate of drug-likeness (QED) is 0.306. The van der Waals surface area contributed by atoms with Gasteiger partial charge >= 0.3 is 5.97 Å². The van der Waals surface area contributed by atoms with E-state index in [2.05, 4.69) is 0 Å². The van der Waals surface area contributed by atoms with Crippen molar-refractivity contribution >= 4 is 12.3 Å². The van der Waals surface area contributed by atoms with Gasteiger partial charge in [0.15, 0.2) is 12.4 Å². The Morgan fingerprint density at radius 3 is 2.07 bits per heavy atom. The first kappa shape index (κ1) is 13.0. The third-order valence-electron chi connectivity index (χ3n) is 1.85. The molecule has 7 nitrogen and oxygen atoms in total. The lowest BCUT2D eigenvalue weighted by Gasteiger charge is -2.32. The highest BCUT2D eigenvalue weighted by Crippen LogP contribution is 2.17. The lowest BCUT2D eigenvalue weighted by Crippen LogP contribution is -2.57. The van der Waals surface area contributed by atoms with E-state index < -0.39 is 29.9 Å². The van der Waals surface area contributed by atoms with Crippen LogP contribution in [0.1, 0.15) is 6.92 Å². The van der Waals surface area contributed by atoms with Gasteiger partial charge in [0.2, 0.25) is 0 Å². The highest BCUT2D eigenvalue weighted by molar-refractivity contribution is 5.74. The zero-order valence-electron chi connectivity index (χ0n) is 7.36. The molecule has 0 saturated heterocycles. The van der Waals surface area contributed by atoms with Gasteiger partial charge in [-0.05, 0) is 6.92 Å². The summed E-state index contributed by atoms with van der Waals surface area (Å²) in [4.78, 5) is 20.3. The standard InChI is InChI=1S/C7H12O7/c1-7(14,5(11)6(12)13)4(10)3(9)2-8/h2-5,9-11,14H,1H3,(H,12,13)/t3-,4+,5+,7+/m0/s1. The molecule has 0 aliphatic carbocycles. The number of carbonyl (C=O) groups excluding carboxylic acids is 1. The van der Waals surface area contributed by atoms with Crippen molar-refractivity contribution in [1.82, 2.24) is 0 Å². The first-order valence-electron chi connectivity index (χ1n) is 3.69. The van der Waals surface area contributed by atoms with Crippen molar-refractivity contribution in [3.8, 4) is 0 Å². The Hall–Kier alpha value is -1.02. The molecule has 0 fully saturated rings. The number of aldehydes is 1. The van der Waals surface area contributed by atoms with Crippen LogP contribution in [-0.4, -0.2) is 61.7 Å². The molecule has 0 aliphatic rings. The van der Waals surface area contributed by atoms with Crippen molar-refractivity contribution < 1.29 is 35.1 Å². The van der Waals surface area contributed by atoms with Crippen LogP contribution in [0.5, 0.6) is 0 Å². The van der Waals surface area contributed by atoms with E-state index in [0.29, 0.717) is 0 Å². The maximum absolute atomic E-state index is 10.3. The molecule has 0 unspecified atom stereocenters. The van der Waals surface area contributed by atoms with Gasteiger partial charge in [0.1, 0.15) is 17.8 Å². The van der Waals surface area contributed by atoms with Crippen LogP contribution in [0.4, 0.5) is 0 Å². The summed E-state index contributed by atoms with van der Waals surface area (Å²) >= 11 is 0. The number of carboxylic acid groups (broad SMARTS) is 1. The van der Waals surface area contributed by atoms with E-state index in [4.69, 9.17) is 20.4 Å². The van der Waals surface area contributed by atoms with Gasteiger partial charge in [0.25, 0.3) is 0 Å². The molecular weight excluding hydrogens is 196 g/mol. The minimum absolute atomic E-state index is 0.0757. The van der Waals surface area contributed by atoms with Crippen molar-refractivity contribution in [2.75, 3.05) is 0 Å². The predicted octanol–water partition coefficient (Wildman–Crippen LogP) is -2.90. The van der Waals surface area contributed by atoms with E-state index in [1.54, 1.807) is 0 Å². The number of carboxylic acids is 1. The molecule has 0 spiro atoms. The minimum atomic E-state index is -2.51. The molecule has 0 rings (SSSR count). The molecule has 0 aromatic heterocycles. The Bertz CT molecular complexity index is 224. The monoisotopic (exact) mass is 208 g/mol. The van der Waals surface area contributed by atoms with Crippen LogP contribution in [0.2, 0.25) is 0 Å². The van der Waals surface area contributed by atoms with E-state index in [1.807, 2.05) is 0 Å². The van der Waals surface area contributed by atoms with Crippen LogP contribution in [0.15, 0.2) is 0 Å². The van der Waals surface area contributed by atoms with Gasteiger partial charge in [-0.1, -0.05) is 0 Å².